The zero-order valence-corrected chi connectivity index (χ0v) is 18.8. The number of anilines is 1. The highest BCUT2D eigenvalue weighted by Crippen LogP contribution is 2.27. The number of carbonyl (C=O) groups excluding carboxylic acids is 2. The number of rotatable bonds is 7. The molecule has 7 nitrogen and oxygen atoms in total. The van der Waals surface area contributed by atoms with E-state index >= 15 is 0 Å². The molecule has 1 atom stereocenters. The van der Waals surface area contributed by atoms with Crippen molar-refractivity contribution in [1.29, 1.82) is 0 Å². The van der Waals surface area contributed by atoms with E-state index in [9.17, 15) is 9.59 Å². The molecule has 2 aliphatic heterocycles. The maximum absolute atomic E-state index is 13.4. The second kappa shape index (κ2) is 9.75. The number of ether oxygens (including phenoxy) is 1. The molecule has 0 radical (unpaired) electrons. The minimum Gasteiger partial charge on any atom is -0.368 e. The smallest absolute Gasteiger partial charge is 0.249 e. The van der Waals surface area contributed by atoms with Gasteiger partial charge in [-0.2, -0.15) is 0 Å². The van der Waals surface area contributed by atoms with Gasteiger partial charge in [0.1, 0.15) is 18.5 Å². The van der Waals surface area contributed by atoms with Crippen LogP contribution in [0.15, 0.2) is 48.5 Å². The number of nitrogens with zero attached hydrogens (tertiary/aromatic N) is 3. The van der Waals surface area contributed by atoms with Crippen molar-refractivity contribution < 1.29 is 14.3 Å². The molecule has 2 aromatic carbocycles. The molecule has 2 amide bonds. The molecule has 0 saturated carbocycles. The van der Waals surface area contributed by atoms with Crippen LogP contribution in [0.3, 0.4) is 0 Å². The van der Waals surface area contributed by atoms with Crippen molar-refractivity contribution in [1.82, 2.24) is 14.9 Å². The van der Waals surface area contributed by atoms with Crippen molar-refractivity contribution in [3.63, 3.8) is 0 Å². The Morgan fingerprint density at radius 2 is 1.94 bits per heavy atom. The average molecular weight is 447 g/mol. The summed E-state index contributed by atoms with van der Waals surface area (Å²) in [7, 11) is 0. The van der Waals surface area contributed by atoms with Crippen LogP contribution >= 0.6 is 0 Å². The minimum absolute atomic E-state index is 0.0278. The molecule has 3 aromatic rings. The van der Waals surface area contributed by atoms with Crippen LogP contribution in [-0.2, 0) is 33.7 Å². The molecule has 5 rings (SSSR count). The number of aryl methyl sites for hydroxylation is 2. The Kier molecular flexibility index (Phi) is 6.39. The van der Waals surface area contributed by atoms with Crippen LogP contribution in [0.4, 0.5) is 5.69 Å². The topological polar surface area (TPSA) is 76.5 Å². The lowest BCUT2D eigenvalue weighted by molar-refractivity contribution is -0.130. The zero-order valence-electron chi connectivity index (χ0n) is 18.8. The molecule has 3 heterocycles. The number of nitrogens with one attached hydrogen (secondary N) is 1. The fourth-order valence-electron chi connectivity index (χ4n) is 4.86. The van der Waals surface area contributed by atoms with E-state index in [0.717, 1.165) is 61.2 Å². The van der Waals surface area contributed by atoms with Gasteiger partial charge < -0.3 is 19.5 Å². The first-order chi connectivity index (χ1) is 16.2. The number of benzene rings is 2. The fraction of sp³-hybridized carbons (Fsp3) is 0.423. The van der Waals surface area contributed by atoms with Gasteiger partial charge in [-0.05, 0) is 55.9 Å². The first kappa shape index (κ1) is 21.6. The summed E-state index contributed by atoms with van der Waals surface area (Å²) >= 11 is 0. The molecular formula is C26H30N4O3. The van der Waals surface area contributed by atoms with Crippen molar-refractivity contribution in [2.75, 3.05) is 24.6 Å². The number of fused-ring (bicyclic) bond motifs is 2. The van der Waals surface area contributed by atoms with Crippen molar-refractivity contribution in [3.05, 3.63) is 59.9 Å². The summed E-state index contributed by atoms with van der Waals surface area (Å²) in [5.74, 6) is 0.930. The van der Waals surface area contributed by atoms with Crippen LogP contribution < -0.4 is 10.2 Å². The predicted molar refractivity (Wildman–Crippen MR) is 127 cm³/mol. The molecule has 1 unspecified atom stereocenters. The fourth-order valence-corrected chi connectivity index (χ4v) is 4.86. The number of aromatic nitrogens is 2. The number of carbonyl (C=O) groups is 2. The van der Waals surface area contributed by atoms with Gasteiger partial charge in [0.05, 0.1) is 11.0 Å². The number of amides is 2. The van der Waals surface area contributed by atoms with Crippen LogP contribution in [0, 0.1) is 0 Å². The molecule has 0 spiro atoms. The summed E-state index contributed by atoms with van der Waals surface area (Å²) in [6, 6.07) is 16.1. The lowest BCUT2D eigenvalue weighted by atomic mass is 10.0. The van der Waals surface area contributed by atoms with E-state index in [1.54, 1.807) is 0 Å². The van der Waals surface area contributed by atoms with E-state index in [1.165, 1.54) is 5.56 Å². The van der Waals surface area contributed by atoms with Crippen LogP contribution in [0.1, 0.15) is 37.1 Å². The van der Waals surface area contributed by atoms with Crippen molar-refractivity contribution in [2.24, 2.45) is 0 Å². The minimum atomic E-state index is -0.306. The zero-order chi connectivity index (χ0) is 22.6. The lowest BCUT2D eigenvalue weighted by Gasteiger charge is -2.29. The normalized spacial score (nSPS) is 17.8. The molecule has 1 saturated heterocycles. The summed E-state index contributed by atoms with van der Waals surface area (Å²) in [5, 5.41) is 2.98. The summed E-state index contributed by atoms with van der Waals surface area (Å²) < 4.78 is 7.48. The number of hydrogen-bond donors (Lipinski definition) is 1. The maximum atomic E-state index is 13.4. The molecule has 1 N–H and O–H groups in total. The third-order valence-electron chi connectivity index (χ3n) is 6.54. The Balaban J connectivity index is 1.29. The molecule has 33 heavy (non-hydrogen) atoms. The first-order valence-electron chi connectivity index (χ1n) is 11.9. The number of para-hydroxylation sites is 3. The Labute approximate surface area is 193 Å². The SMILES string of the molecule is O=C(NCCCc1nc2ccccc2n1CC(=O)N1CCCc2ccccc21)C1CCCO1. The molecule has 2 aliphatic rings. The van der Waals surface area contributed by atoms with Gasteiger partial charge in [-0.25, -0.2) is 4.98 Å². The van der Waals surface area contributed by atoms with Crippen molar-refractivity contribution >= 4 is 28.5 Å². The van der Waals surface area contributed by atoms with Gasteiger partial charge >= 0.3 is 0 Å². The first-order valence-corrected chi connectivity index (χ1v) is 11.9. The number of imidazole rings is 1. The lowest BCUT2D eigenvalue weighted by Crippen LogP contribution is -2.38. The van der Waals surface area contributed by atoms with E-state index in [2.05, 4.69) is 11.4 Å². The van der Waals surface area contributed by atoms with Gasteiger partial charge in [0.25, 0.3) is 0 Å². The number of hydrogen-bond acceptors (Lipinski definition) is 4. The largest absolute Gasteiger partial charge is 0.368 e. The Morgan fingerprint density at radius 1 is 1.09 bits per heavy atom. The Hall–Kier alpha value is -3.19. The molecule has 172 valence electrons. The highest BCUT2D eigenvalue weighted by molar-refractivity contribution is 5.95. The summed E-state index contributed by atoms with van der Waals surface area (Å²) in [5.41, 5.74) is 4.11. The van der Waals surface area contributed by atoms with E-state index in [4.69, 9.17) is 9.72 Å². The molecule has 1 aromatic heterocycles. The van der Waals surface area contributed by atoms with E-state index in [0.29, 0.717) is 19.6 Å². The molecule has 1 fully saturated rings. The van der Waals surface area contributed by atoms with E-state index in [-0.39, 0.29) is 24.5 Å². The van der Waals surface area contributed by atoms with Gasteiger partial charge in [-0.1, -0.05) is 30.3 Å². The van der Waals surface area contributed by atoms with E-state index < -0.39 is 0 Å². The molecule has 0 aliphatic carbocycles. The van der Waals surface area contributed by atoms with E-state index in [1.807, 2.05) is 51.9 Å². The van der Waals surface area contributed by atoms with Gasteiger partial charge in [-0.3, -0.25) is 9.59 Å². The standard InChI is InChI=1S/C26H30N4O3/c31-25(29-16-6-9-19-8-1-3-11-21(19)29)18-30-22-12-4-2-10-20(22)28-24(30)14-5-15-27-26(32)23-13-7-17-33-23/h1-4,8,10-12,23H,5-7,9,13-18H2,(H,27,32). The molecular weight excluding hydrogens is 416 g/mol. The Bertz CT molecular complexity index is 1150. The van der Waals surface area contributed by atoms with Gasteiger partial charge in [0.2, 0.25) is 11.8 Å². The maximum Gasteiger partial charge on any atom is 0.249 e. The summed E-state index contributed by atoms with van der Waals surface area (Å²) in [6.07, 6.45) is 4.86. The van der Waals surface area contributed by atoms with Crippen LogP contribution in [0.5, 0.6) is 0 Å². The van der Waals surface area contributed by atoms with Crippen LogP contribution in [-0.4, -0.2) is 47.2 Å². The second-order valence-corrected chi connectivity index (χ2v) is 8.78. The van der Waals surface area contributed by atoms with Gasteiger partial charge in [-0.15, -0.1) is 0 Å². The Morgan fingerprint density at radius 3 is 2.82 bits per heavy atom. The van der Waals surface area contributed by atoms with Gasteiger partial charge in [0.15, 0.2) is 0 Å². The third-order valence-corrected chi connectivity index (χ3v) is 6.54. The summed E-state index contributed by atoms with van der Waals surface area (Å²) in [4.78, 5) is 32.3. The third kappa shape index (κ3) is 4.64. The van der Waals surface area contributed by atoms with Gasteiger partial charge in [0, 0.05) is 31.8 Å². The second-order valence-electron chi connectivity index (χ2n) is 8.78. The highest BCUT2D eigenvalue weighted by Gasteiger charge is 2.25. The van der Waals surface area contributed by atoms with Crippen LogP contribution in [0.2, 0.25) is 0 Å². The monoisotopic (exact) mass is 446 g/mol. The van der Waals surface area contributed by atoms with Crippen molar-refractivity contribution in [3.8, 4) is 0 Å². The quantitative estimate of drug-likeness (QED) is 0.566. The molecule has 7 heteroatoms. The molecule has 0 bridgehead atoms. The summed E-state index contributed by atoms with van der Waals surface area (Å²) in [6.45, 7) is 2.23. The predicted octanol–water partition coefficient (Wildman–Crippen LogP) is 3.24. The average Bonchev–Trinajstić information content (AvgIpc) is 3.50. The van der Waals surface area contributed by atoms with Crippen molar-refractivity contribution in [2.45, 2.75) is 51.2 Å². The van der Waals surface area contributed by atoms with Crippen LogP contribution in [0.25, 0.3) is 11.0 Å². The highest BCUT2D eigenvalue weighted by atomic mass is 16.5.